The molecule has 0 radical (unpaired) electrons. The van der Waals surface area contributed by atoms with Crippen LogP contribution >= 0.6 is 0 Å². The van der Waals surface area contributed by atoms with Gasteiger partial charge in [-0.3, -0.25) is 4.90 Å². The molecule has 2 heterocycles. The molecule has 0 amide bonds. The van der Waals surface area contributed by atoms with Crippen LogP contribution in [0, 0.1) is 0 Å². The van der Waals surface area contributed by atoms with E-state index < -0.39 is 5.97 Å². The SMILES string of the molecule is CC.COC(=O)c1cc(CN2CCCC(N)C2)ccn1. The molecule has 0 spiro atoms. The Labute approximate surface area is 121 Å². The van der Waals surface area contributed by atoms with Crippen molar-refractivity contribution in [2.24, 2.45) is 5.73 Å². The number of rotatable bonds is 3. The van der Waals surface area contributed by atoms with Crippen LogP contribution in [0.3, 0.4) is 0 Å². The van der Waals surface area contributed by atoms with Gasteiger partial charge in [0.25, 0.3) is 0 Å². The molecule has 20 heavy (non-hydrogen) atoms. The van der Waals surface area contributed by atoms with E-state index in [0.717, 1.165) is 38.0 Å². The number of esters is 1. The van der Waals surface area contributed by atoms with Crippen molar-refractivity contribution in [3.05, 3.63) is 29.6 Å². The molecular formula is C15H25N3O2. The number of piperidine rings is 1. The van der Waals surface area contributed by atoms with Gasteiger partial charge in [0.1, 0.15) is 5.69 Å². The molecule has 2 rings (SSSR count). The molecule has 1 aliphatic rings. The first kappa shape index (κ1) is 16.6. The maximum atomic E-state index is 11.4. The van der Waals surface area contributed by atoms with Gasteiger partial charge in [0, 0.05) is 25.3 Å². The molecule has 0 bridgehead atoms. The lowest BCUT2D eigenvalue weighted by atomic mass is 10.1. The molecule has 1 unspecified atom stereocenters. The molecule has 1 fully saturated rings. The van der Waals surface area contributed by atoms with Crippen LogP contribution < -0.4 is 5.73 Å². The zero-order valence-corrected chi connectivity index (χ0v) is 12.6. The highest BCUT2D eigenvalue weighted by atomic mass is 16.5. The van der Waals surface area contributed by atoms with E-state index in [1.54, 1.807) is 12.3 Å². The lowest BCUT2D eigenvalue weighted by Gasteiger charge is -2.30. The van der Waals surface area contributed by atoms with Gasteiger partial charge in [-0.15, -0.1) is 0 Å². The molecule has 0 aliphatic carbocycles. The van der Waals surface area contributed by atoms with Crippen molar-refractivity contribution in [2.75, 3.05) is 20.2 Å². The van der Waals surface area contributed by atoms with Crippen molar-refractivity contribution >= 4 is 5.97 Å². The molecule has 112 valence electrons. The van der Waals surface area contributed by atoms with Gasteiger partial charge >= 0.3 is 5.97 Å². The Morgan fingerprint density at radius 1 is 1.55 bits per heavy atom. The van der Waals surface area contributed by atoms with E-state index in [-0.39, 0.29) is 6.04 Å². The van der Waals surface area contributed by atoms with Crippen LogP contribution in [-0.2, 0) is 11.3 Å². The predicted molar refractivity (Wildman–Crippen MR) is 79.4 cm³/mol. The number of ether oxygens (including phenoxy) is 1. The van der Waals surface area contributed by atoms with Crippen molar-refractivity contribution in [1.29, 1.82) is 0 Å². The first-order valence-electron chi connectivity index (χ1n) is 7.20. The Hall–Kier alpha value is -1.46. The third kappa shape index (κ3) is 4.90. The Morgan fingerprint density at radius 3 is 2.95 bits per heavy atom. The number of hydrogen-bond acceptors (Lipinski definition) is 5. The number of aromatic nitrogens is 1. The molecule has 1 aromatic rings. The minimum atomic E-state index is -0.396. The zero-order chi connectivity index (χ0) is 15.0. The van der Waals surface area contributed by atoms with Gasteiger partial charge in [-0.2, -0.15) is 0 Å². The van der Waals surface area contributed by atoms with Crippen molar-refractivity contribution in [1.82, 2.24) is 9.88 Å². The topological polar surface area (TPSA) is 68.5 Å². The summed E-state index contributed by atoms with van der Waals surface area (Å²) >= 11 is 0. The molecule has 1 aliphatic heterocycles. The van der Waals surface area contributed by atoms with Crippen molar-refractivity contribution in [3.8, 4) is 0 Å². The zero-order valence-electron chi connectivity index (χ0n) is 12.6. The molecule has 0 aromatic carbocycles. The van der Waals surface area contributed by atoms with Gasteiger partial charge in [-0.1, -0.05) is 13.8 Å². The Kier molecular flexibility index (Phi) is 7.18. The van der Waals surface area contributed by atoms with Crippen molar-refractivity contribution < 1.29 is 9.53 Å². The summed E-state index contributed by atoms with van der Waals surface area (Å²) < 4.78 is 4.66. The van der Waals surface area contributed by atoms with Gasteiger partial charge in [-0.25, -0.2) is 9.78 Å². The average molecular weight is 279 g/mol. The van der Waals surface area contributed by atoms with Crippen LogP contribution in [0.4, 0.5) is 0 Å². The van der Waals surface area contributed by atoms with Crippen LogP contribution in [0.15, 0.2) is 18.3 Å². The predicted octanol–water partition coefficient (Wildman–Crippen LogP) is 1.82. The number of pyridine rings is 1. The highest BCUT2D eigenvalue weighted by Crippen LogP contribution is 2.13. The summed E-state index contributed by atoms with van der Waals surface area (Å²) in [4.78, 5) is 17.7. The lowest BCUT2D eigenvalue weighted by Crippen LogP contribution is -2.42. The number of nitrogens with two attached hydrogens (primary N) is 1. The summed E-state index contributed by atoms with van der Waals surface area (Å²) in [5.74, 6) is -0.396. The average Bonchev–Trinajstić information content (AvgIpc) is 2.49. The van der Waals surface area contributed by atoms with Crippen LogP contribution in [0.5, 0.6) is 0 Å². The maximum absolute atomic E-state index is 11.4. The number of carbonyl (C=O) groups is 1. The summed E-state index contributed by atoms with van der Waals surface area (Å²) in [7, 11) is 1.36. The van der Waals surface area contributed by atoms with Crippen molar-refractivity contribution in [3.63, 3.8) is 0 Å². The molecule has 5 nitrogen and oxygen atoms in total. The first-order chi connectivity index (χ1) is 9.69. The first-order valence-corrected chi connectivity index (χ1v) is 7.20. The van der Waals surface area contributed by atoms with Gasteiger partial charge in [0.05, 0.1) is 7.11 Å². The number of methoxy groups -OCH3 is 1. The number of nitrogens with zero attached hydrogens (tertiary/aromatic N) is 2. The van der Waals surface area contributed by atoms with Gasteiger partial charge < -0.3 is 10.5 Å². The molecule has 5 heteroatoms. The van der Waals surface area contributed by atoms with E-state index in [1.165, 1.54) is 7.11 Å². The molecule has 0 saturated carbocycles. The van der Waals surface area contributed by atoms with Crippen LogP contribution in [0.1, 0.15) is 42.7 Å². The maximum Gasteiger partial charge on any atom is 0.356 e. The third-order valence-electron chi connectivity index (χ3n) is 3.17. The summed E-state index contributed by atoms with van der Waals surface area (Å²) in [6, 6.07) is 3.97. The van der Waals surface area contributed by atoms with E-state index >= 15 is 0 Å². The highest BCUT2D eigenvalue weighted by Gasteiger charge is 2.17. The molecular weight excluding hydrogens is 254 g/mol. The standard InChI is InChI=1S/C13H19N3O2.C2H6/c1-18-13(17)12-7-10(4-5-15-12)8-16-6-2-3-11(14)9-16;1-2/h4-5,7,11H,2-3,6,8-9,14H2,1H3;1-2H3. The molecule has 2 N–H and O–H groups in total. The summed E-state index contributed by atoms with van der Waals surface area (Å²) in [5.41, 5.74) is 7.38. The Bertz CT molecular complexity index is 423. The van der Waals surface area contributed by atoms with E-state index in [4.69, 9.17) is 5.73 Å². The fourth-order valence-corrected chi connectivity index (χ4v) is 2.28. The van der Waals surface area contributed by atoms with Gasteiger partial charge in [0.15, 0.2) is 0 Å². The second-order valence-corrected chi connectivity index (χ2v) is 4.68. The smallest absolute Gasteiger partial charge is 0.356 e. The number of likely N-dealkylation sites (tertiary alicyclic amines) is 1. The Balaban J connectivity index is 0.000000956. The monoisotopic (exact) mass is 279 g/mol. The normalized spacial score (nSPS) is 18.9. The van der Waals surface area contributed by atoms with E-state index in [9.17, 15) is 4.79 Å². The molecule has 1 atom stereocenters. The number of carbonyl (C=O) groups excluding carboxylic acids is 1. The molecule has 1 aromatic heterocycles. The fraction of sp³-hybridized carbons (Fsp3) is 0.600. The summed E-state index contributed by atoms with van der Waals surface area (Å²) in [6.07, 6.45) is 3.88. The fourth-order valence-electron chi connectivity index (χ4n) is 2.28. The molecule has 1 saturated heterocycles. The summed E-state index contributed by atoms with van der Waals surface area (Å²) in [5, 5.41) is 0. The van der Waals surface area contributed by atoms with Gasteiger partial charge in [-0.05, 0) is 37.1 Å². The Morgan fingerprint density at radius 2 is 2.30 bits per heavy atom. The van der Waals surface area contributed by atoms with Gasteiger partial charge in [0.2, 0.25) is 0 Å². The van der Waals surface area contributed by atoms with Crippen LogP contribution in [0.2, 0.25) is 0 Å². The van der Waals surface area contributed by atoms with Crippen LogP contribution in [0.25, 0.3) is 0 Å². The quantitative estimate of drug-likeness (QED) is 0.855. The van der Waals surface area contributed by atoms with E-state index in [2.05, 4.69) is 14.6 Å². The lowest BCUT2D eigenvalue weighted by molar-refractivity contribution is 0.0593. The van der Waals surface area contributed by atoms with E-state index in [1.807, 2.05) is 19.9 Å². The third-order valence-corrected chi connectivity index (χ3v) is 3.17. The second kappa shape index (κ2) is 8.66. The van der Waals surface area contributed by atoms with E-state index in [0.29, 0.717) is 5.69 Å². The summed E-state index contributed by atoms with van der Waals surface area (Å²) in [6.45, 7) is 6.78. The minimum absolute atomic E-state index is 0.265. The highest BCUT2D eigenvalue weighted by molar-refractivity contribution is 5.87. The minimum Gasteiger partial charge on any atom is -0.464 e. The van der Waals surface area contributed by atoms with Crippen molar-refractivity contribution in [2.45, 2.75) is 39.3 Å². The second-order valence-electron chi connectivity index (χ2n) is 4.68. The van der Waals surface area contributed by atoms with Crippen LogP contribution in [-0.4, -0.2) is 42.1 Å². The largest absolute Gasteiger partial charge is 0.464 e. The number of hydrogen-bond donors (Lipinski definition) is 1.